The highest BCUT2D eigenvalue weighted by Crippen LogP contribution is 2.19. The smallest absolute Gasteiger partial charge is 0.238 e. The van der Waals surface area contributed by atoms with Crippen molar-refractivity contribution in [3.8, 4) is 0 Å². The van der Waals surface area contributed by atoms with Gasteiger partial charge < -0.3 is 15.8 Å². The van der Waals surface area contributed by atoms with Crippen molar-refractivity contribution < 1.29 is 13.9 Å². The Hall–Kier alpha value is -1.66. The molecule has 0 aliphatic heterocycles. The molecular formula is C15H24FN3O2. The highest BCUT2D eigenvalue weighted by Gasteiger charge is 2.16. The molecule has 0 bridgehead atoms. The molecular weight excluding hydrogens is 273 g/mol. The summed E-state index contributed by atoms with van der Waals surface area (Å²) in [7, 11) is 1.63. The van der Waals surface area contributed by atoms with Crippen LogP contribution >= 0.6 is 0 Å². The number of methoxy groups -OCH3 is 1. The normalized spacial score (nSPS) is 12.4. The van der Waals surface area contributed by atoms with Gasteiger partial charge in [0.05, 0.1) is 24.5 Å². The van der Waals surface area contributed by atoms with Crippen LogP contribution in [0.1, 0.15) is 20.3 Å². The lowest BCUT2D eigenvalue weighted by Gasteiger charge is -2.27. The van der Waals surface area contributed by atoms with E-state index in [2.05, 4.69) is 19.2 Å². The minimum absolute atomic E-state index is 0.176. The summed E-state index contributed by atoms with van der Waals surface area (Å²) in [6.45, 7) is 5.62. The maximum absolute atomic E-state index is 13.0. The molecule has 6 heteroatoms. The first-order valence-corrected chi connectivity index (χ1v) is 7.05. The Morgan fingerprint density at radius 3 is 2.81 bits per heavy atom. The Morgan fingerprint density at radius 1 is 1.52 bits per heavy atom. The third-order valence-corrected chi connectivity index (χ3v) is 3.43. The van der Waals surface area contributed by atoms with Gasteiger partial charge in [-0.15, -0.1) is 0 Å². The summed E-state index contributed by atoms with van der Waals surface area (Å²) >= 11 is 0. The summed E-state index contributed by atoms with van der Waals surface area (Å²) in [4.78, 5) is 14.1. The van der Waals surface area contributed by atoms with Gasteiger partial charge >= 0.3 is 0 Å². The second kappa shape index (κ2) is 8.59. The van der Waals surface area contributed by atoms with E-state index >= 15 is 0 Å². The SMILES string of the molecule is CCC(C)N(CCOC)CC(=O)Nc1ccc(F)cc1N. The summed E-state index contributed by atoms with van der Waals surface area (Å²) in [6, 6.07) is 4.19. The number of rotatable bonds is 8. The number of nitrogens with zero attached hydrogens (tertiary/aromatic N) is 1. The van der Waals surface area contributed by atoms with E-state index in [1.807, 2.05) is 4.90 Å². The lowest BCUT2D eigenvalue weighted by atomic mass is 10.2. The molecule has 118 valence electrons. The lowest BCUT2D eigenvalue weighted by Crippen LogP contribution is -2.41. The fourth-order valence-corrected chi connectivity index (χ4v) is 1.94. The molecule has 0 saturated heterocycles. The topological polar surface area (TPSA) is 67.6 Å². The van der Waals surface area contributed by atoms with Crippen molar-refractivity contribution in [1.29, 1.82) is 0 Å². The highest BCUT2D eigenvalue weighted by atomic mass is 19.1. The van der Waals surface area contributed by atoms with E-state index < -0.39 is 5.82 Å². The van der Waals surface area contributed by atoms with Gasteiger partial charge in [-0.25, -0.2) is 4.39 Å². The van der Waals surface area contributed by atoms with Gasteiger partial charge in [-0.05, 0) is 31.5 Å². The van der Waals surface area contributed by atoms with Crippen LogP contribution in [-0.2, 0) is 9.53 Å². The van der Waals surface area contributed by atoms with Crippen LogP contribution in [0.5, 0.6) is 0 Å². The molecule has 0 heterocycles. The number of nitrogens with one attached hydrogen (secondary N) is 1. The molecule has 0 aromatic heterocycles. The van der Waals surface area contributed by atoms with E-state index in [0.29, 0.717) is 18.8 Å². The number of carbonyl (C=O) groups is 1. The Labute approximate surface area is 125 Å². The van der Waals surface area contributed by atoms with Crippen molar-refractivity contribution in [2.75, 3.05) is 37.9 Å². The zero-order valence-corrected chi connectivity index (χ0v) is 12.9. The van der Waals surface area contributed by atoms with Crippen LogP contribution in [0.15, 0.2) is 18.2 Å². The van der Waals surface area contributed by atoms with Crippen molar-refractivity contribution in [1.82, 2.24) is 4.90 Å². The Bertz CT molecular complexity index is 468. The summed E-state index contributed by atoms with van der Waals surface area (Å²) in [6.07, 6.45) is 0.940. The molecule has 1 amide bonds. The summed E-state index contributed by atoms with van der Waals surface area (Å²) in [5.41, 5.74) is 6.32. The standard InChI is InChI=1S/C15H24FN3O2/c1-4-11(2)19(7-8-21-3)10-15(20)18-14-6-5-12(16)9-13(14)17/h5-6,9,11H,4,7-8,10,17H2,1-3H3,(H,18,20). The molecule has 0 fully saturated rings. The van der Waals surface area contributed by atoms with Crippen LogP contribution in [-0.4, -0.2) is 43.7 Å². The largest absolute Gasteiger partial charge is 0.397 e. The van der Waals surface area contributed by atoms with Crippen LogP contribution in [0.2, 0.25) is 0 Å². The monoisotopic (exact) mass is 297 g/mol. The van der Waals surface area contributed by atoms with Crippen LogP contribution < -0.4 is 11.1 Å². The number of ether oxygens (including phenoxy) is 1. The van der Waals surface area contributed by atoms with Crippen molar-refractivity contribution in [2.45, 2.75) is 26.3 Å². The van der Waals surface area contributed by atoms with Crippen molar-refractivity contribution in [3.63, 3.8) is 0 Å². The Morgan fingerprint density at radius 2 is 2.24 bits per heavy atom. The molecule has 3 N–H and O–H groups in total. The van der Waals surface area contributed by atoms with Crippen LogP contribution in [0.3, 0.4) is 0 Å². The summed E-state index contributed by atoms with van der Waals surface area (Å²) < 4.78 is 18.0. The quantitative estimate of drug-likeness (QED) is 0.721. The molecule has 0 saturated carbocycles. The molecule has 1 rings (SSSR count). The number of hydrogen-bond acceptors (Lipinski definition) is 4. The van der Waals surface area contributed by atoms with Gasteiger partial charge in [0.2, 0.25) is 5.91 Å². The van der Waals surface area contributed by atoms with E-state index in [9.17, 15) is 9.18 Å². The molecule has 0 radical (unpaired) electrons. The summed E-state index contributed by atoms with van der Waals surface area (Å²) in [5, 5.41) is 2.71. The van der Waals surface area contributed by atoms with Crippen molar-refractivity contribution in [3.05, 3.63) is 24.0 Å². The minimum atomic E-state index is -0.424. The predicted octanol–water partition coefficient (Wildman–Crippen LogP) is 2.09. The van der Waals surface area contributed by atoms with Crippen LogP contribution in [0.25, 0.3) is 0 Å². The van der Waals surface area contributed by atoms with Crippen LogP contribution in [0, 0.1) is 5.82 Å². The fourth-order valence-electron chi connectivity index (χ4n) is 1.94. The minimum Gasteiger partial charge on any atom is -0.397 e. The van der Waals surface area contributed by atoms with E-state index in [1.165, 1.54) is 18.2 Å². The number of nitrogen functional groups attached to an aromatic ring is 1. The molecule has 0 aliphatic carbocycles. The van der Waals surface area contributed by atoms with Gasteiger partial charge in [0, 0.05) is 19.7 Å². The Balaban J connectivity index is 2.64. The molecule has 21 heavy (non-hydrogen) atoms. The molecule has 1 atom stereocenters. The van der Waals surface area contributed by atoms with E-state index in [1.54, 1.807) is 7.11 Å². The third-order valence-electron chi connectivity index (χ3n) is 3.43. The number of benzene rings is 1. The van der Waals surface area contributed by atoms with E-state index in [4.69, 9.17) is 10.5 Å². The maximum atomic E-state index is 13.0. The second-order valence-corrected chi connectivity index (χ2v) is 5.00. The first-order valence-electron chi connectivity index (χ1n) is 7.05. The summed E-state index contributed by atoms with van der Waals surface area (Å²) in [5.74, 6) is -0.600. The van der Waals surface area contributed by atoms with Gasteiger partial charge in [-0.2, -0.15) is 0 Å². The number of nitrogens with two attached hydrogens (primary N) is 1. The Kier molecular flexibility index (Phi) is 7.11. The van der Waals surface area contributed by atoms with Gasteiger partial charge in [0.25, 0.3) is 0 Å². The first kappa shape index (κ1) is 17.4. The number of anilines is 2. The predicted molar refractivity (Wildman–Crippen MR) is 82.6 cm³/mol. The zero-order valence-electron chi connectivity index (χ0n) is 12.9. The second-order valence-electron chi connectivity index (χ2n) is 5.00. The van der Waals surface area contributed by atoms with Gasteiger partial charge in [-0.3, -0.25) is 9.69 Å². The van der Waals surface area contributed by atoms with Crippen molar-refractivity contribution >= 4 is 17.3 Å². The van der Waals surface area contributed by atoms with Crippen molar-refractivity contribution in [2.24, 2.45) is 0 Å². The van der Waals surface area contributed by atoms with Gasteiger partial charge in [0.1, 0.15) is 5.82 Å². The zero-order chi connectivity index (χ0) is 15.8. The van der Waals surface area contributed by atoms with Gasteiger partial charge in [-0.1, -0.05) is 6.92 Å². The molecule has 1 aromatic carbocycles. The average Bonchev–Trinajstić information content (AvgIpc) is 2.45. The fraction of sp³-hybridized carbons (Fsp3) is 0.533. The number of amides is 1. The van der Waals surface area contributed by atoms with E-state index in [0.717, 1.165) is 6.42 Å². The lowest BCUT2D eigenvalue weighted by molar-refractivity contribution is -0.118. The van der Waals surface area contributed by atoms with Crippen LogP contribution in [0.4, 0.5) is 15.8 Å². The highest BCUT2D eigenvalue weighted by molar-refractivity contribution is 5.95. The number of halogens is 1. The molecule has 5 nitrogen and oxygen atoms in total. The molecule has 0 aliphatic rings. The van der Waals surface area contributed by atoms with Gasteiger partial charge in [0.15, 0.2) is 0 Å². The molecule has 1 aromatic rings. The molecule has 1 unspecified atom stereocenters. The first-order chi connectivity index (χ1) is 9.97. The molecule has 0 spiro atoms. The maximum Gasteiger partial charge on any atom is 0.238 e. The third kappa shape index (κ3) is 5.69. The number of carbonyl (C=O) groups excluding carboxylic acids is 1. The average molecular weight is 297 g/mol. The number of hydrogen-bond donors (Lipinski definition) is 2. The van der Waals surface area contributed by atoms with E-state index in [-0.39, 0.29) is 24.2 Å².